The van der Waals surface area contributed by atoms with Crippen LogP contribution in [-0.2, 0) is 14.4 Å². The van der Waals surface area contributed by atoms with E-state index in [-0.39, 0.29) is 23.0 Å². The molecule has 1 N–H and O–H groups in total. The Balaban J connectivity index is 1.48. The molecule has 1 heterocycles. The Hall–Kier alpha value is -4.44. The molecule has 5 rings (SSSR count). The highest BCUT2D eigenvalue weighted by Crippen LogP contribution is 2.32. The summed E-state index contributed by atoms with van der Waals surface area (Å²) in [5, 5.41) is 3.30. The van der Waals surface area contributed by atoms with Crippen LogP contribution in [0.3, 0.4) is 0 Å². The van der Waals surface area contributed by atoms with E-state index in [0.717, 1.165) is 9.80 Å². The Morgan fingerprint density at radius 3 is 1.95 bits per heavy atom. The molecule has 1 aliphatic heterocycles. The van der Waals surface area contributed by atoms with Crippen LogP contribution < -0.4 is 19.9 Å². The van der Waals surface area contributed by atoms with E-state index in [9.17, 15) is 19.2 Å². The maximum absolute atomic E-state index is 13.7. The molecular weight excluding hydrogens is 645 g/mol. The first-order valence-electron chi connectivity index (χ1n) is 12.4. The summed E-state index contributed by atoms with van der Waals surface area (Å²) < 4.78 is 6.42. The molecule has 0 aliphatic carbocycles. The number of halogens is 3. The van der Waals surface area contributed by atoms with Gasteiger partial charge in [0.2, 0.25) is 0 Å². The minimum Gasteiger partial charge on any atom is -0.483 e. The van der Waals surface area contributed by atoms with Gasteiger partial charge < -0.3 is 10.1 Å². The van der Waals surface area contributed by atoms with Gasteiger partial charge in [-0.25, -0.2) is 14.6 Å². The van der Waals surface area contributed by atoms with Gasteiger partial charge in [0.05, 0.1) is 21.4 Å². The molecule has 11 heteroatoms. The zero-order chi connectivity index (χ0) is 29.8. The summed E-state index contributed by atoms with van der Waals surface area (Å²) in [6.45, 7) is -0.384. The van der Waals surface area contributed by atoms with Crippen molar-refractivity contribution in [3.05, 3.63) is 123 Å². The molecule has 0 atom stereocenters. The smallest absolute Gasteiger partial charge is 0.343 e. The Labute approximate surface area is 259 Å². The molecular formula is C31H20BrCl2N3O5. The predicted molar refractivity (Wildman–Crippen MR) is 166 cm³/mol. The lowest BCUT2D eigenvalue weighted by atomic mass is 10.0. The molecule has 8 nitrogen and oxygen atoms in total. The van der Waals surface area contributed by atoms with Crippen LogP contribution in [0.2, 0.25) is 10.0 Å². The lowest BCUT2D eigenvalue weighted by Gasteiger charge is -2.34. The third kappa shape index (κ3) is 6.23. The number of anilines is 3. The SMILES string of the molecule is O=C(COc1ccc(Br)cc1C=C1C(=O)N(c2ccccc2)C(=O)N(c2ccccc2)C1=O)Nc1ccc(Cl)c(Cl)c1. The van der Waals surface area contributed by atoms with Gasteiger partial charge >= 0.3 is 6.03 Å². The first-order valence-corrected chi connectivity index (χ1v) is 14.0. The minimum absolute atomic E-state index is 0.227. The van der Waals surface area contributed by atoms with E-state index in [2.05, 4.69) is 21.2 Å². The lowest BCUT2D eigenvalue weighted by molar-refractivity contribution is -0.121. The van der Waals surface area contributed by atoms with E-state index < -0.39 is 23.8 Å². The summed E-state index contributed by atoms with van der Waals surface area (Å²) in [5.74, 6) is -1.85. The first kappa shape index (κ1) is 29.1. The fourth-order valence-corrected chi connectivity index (χ4v) is 4.85. The van der Waals surface area contributed by atoms with E-state index >= 15 is 0 Å². The van der Waals surface area contributed by atoms with Crippen molar-refractivity contribution in [1.82, 2.24) is 0 Å². The van der Waals surface area contributed by atoms with Crippen LogP contribution in [-0.4, -0.2) is 30.4 Å². The van der Waals surface area contributed by atoms with Gasteiger partial charge in [-0.2, -0.15) is 0 Å². The molecule has 1 fully saturated rings. The Morgan fingerprint density at radius 2 is 1.38 bits per heavy atom. The molecule has 4 aromatic rings. The number of amides is 5. The monoisotopic (exact) mass is 663 g/mol. The van der Waals surface area contributed by atoms with Crippen molar-refractivity contribution in [2.45, 2.75) is 0 Å². The van der Waals surface area contributed by atoms with Gasteiger partial charge in [0, 0.05) is 15.7 Å². The van der Waals surface area contributed by atoms with E-state index in [1.165, 1.54) is 12.1 Å². The number of nitrogens with one attached hydrogen (secondary N) is 1. The Kier molecular flexibility index (Phi) is 8.72. The number of imide groups is 2. The van der Waals surface area contributed by atoms with Crippen LogP contribution in [0.4, 0.5) is 21.9 Å². The van der Waals surface area contributed by atoms with E-state index in [4.69, 9.17) is 27.9 Å². The molecule has 0 unspecified atom stereocenters. The van der Waals surface area contributed by atoms with E-state index in [0.29, 0.717) is 32.1 Å². The average Bonchev–Trinajstić information content (AvgIpc) is 2.98. The highest BCUT2D eigenvalue weighted by atomic mass is 79.9. The summed E-state index contributed by atoms with van der Waals surface area (Å²) in [7, 11) is 0. The molecule has 0 bridgehead atoms. The summed E-state index contributed by atoms with van der Waals surface area (Å²) in [4.78, 5) is 55.4. The Bertz CT molecular complexity index is 1670. The number of rotatable bonds is 7. The summed E-state index contributed by atoms with van der Waals surface area (Å²) in [6, 6.07) is 25.4. The lowest BCUT2D eigenvalue weighted by Crippen LogP contribution is -2.57. The van der Waals surface area contributed by atoms with Crippen molar-refractivity contribution in [2.24, 2.45) is 0 Å². The number of urea groups is 1. The van der Waals surface area contributed by atoms with Crippen LogP contribution >= 0.6 is 39.1 Å². The van der Waals surface area contributed by atoms with Gasteiger partial charge in [0.1, 0.15) is 11.3 Å². The Morgan fingerprint density at radius 1 is 0.786 bits per heavy atom. The molecule has 0 saturated carbocycles. The maximum Gasteiger partial charge on any atom is 0.343 e. The highest BCUT2D eigenvalue weighted by molar-refractivity contribution is 9.10. The summed E-state index contributed by atoms with van der Waals surface area (Å²) in [5.41, 5.74) is 1.10. The summed E-state index contributed by atoms with van der Waals surface area (Å²) >= 11 is 15.4. The third-order valence-corrected chi connectivity index (χ3v) is 7.34. The van der Waals surface area contributed by atoms with Crippen LogP contribution in [0.1, 0.15) is 5.56 Å². The number of benzene rings is 4. The first-order chi connectivity index (χ1) is 20.2. The average molecular weight is 665 g/mol. The number of barbiturate groups is 1. The normalized spacial score (nSPS) is 13.3. The molecule has 1 aliphatic rings. The number of hydrogen-bond donors (Lipinski definition) is 1. The third-order valence-electron chi connectivity index (χ3n) is 6.11. The van der Waals surface area contributed by atoms with Gasteiger partial charge in [-0.1, -0.05) is 75.5 Å². The van der Waals surface area contributed by atoms with Crippen LogP contribution in [0.5, 0.6) is 5.75 Å². The molecule has 4 aromatic carbocycles. The van der Waals surface area contributed by atoms with Crippen molar-refractivity contribution in [1.29, 1.82) is 0 Å². The second-order valence-corrected chi connectivity index (χ2v) is 10.7. The second-order valence-electron chi connectivity index (χ2n) is 8.94. The number of hydrogen-bond acceptors (Lipinski definition) is 5. The van der Waals surface area contributed by atoms with Crippen molar-refractivity contribution in [3.63, 3.8) is 0 Å². The van der Waals surface area contributed by atoms with E-state index in [1.807, 2.05) is 0 Å². The molecule has 5 amide bonds. The van der Waals surface area contributed by atoms with Gasteiger partial charge in [0.25, 0.3) is 17.7 Å². The molecule has 0 spiro atoms. The zero-order valence-corrected chi connectivity index (χ0v) is 24.7. The minimum atomic E-state index is -0.802. The largest absolute Gasteiger partial charge is 0.483 e. The van der Waals surface area contributed by atoms with Crippen molar-refractivity contribution in [2.75, 3.05) is 21.7 Å². The van der Waals surface area contributed by atoms with Gasteiger partial charge in [-0.05, 0) is 66.7 Å². The summed E-state index contributed by atoms with van der Waals surface area (Å²) in [6.07, 6.45) is 1.35. The van der Waals surface area contributed by atoms with Crippen LogP contribution in [0.15, 0.2) is 107 Å². The number of para-hydroxylation sites is 2. The second kappa shape index (κ2) is 12.6. The molecule has 1 saturated heterocycles. The van der Waals surface area contributed by atoms with Crippen LogP contribution in [0, 0.1) is 0 Å². The molecule has 42 heavy (non-hydrogen) atoms. The predicted octanol–water partition coefficient (Wildman–Crippen LogP) is 7.36. The fraction of sp³-hybridized carbons (Fsp3) is 0.0323. The molecule has 210 valence electrons. The van der Waals surface area contributed by atoms with Crippen molar-refractivity contribution >= 4 is 86.0 Å². The van der Waals surface area contributed by atoms with E-state index in [1.54, 1.807) is 91.0 Å². The number of ether oxygens (including phenoxy) is 1. The van der Waals surface area contributed by atoms with Crippen LogP contribution in [0.25, 0.3) is 6.08 Å². The van der Waals surface area contributed by atoms with Crippen molar-refractivity contribution in [3.8, 4) is 5.75 Å². The van der Waals surface area contributed by atoms with Gasteiger partial charge in [-0.15, -0.1) is 0 Å². The zero-order valence-electron chi connectivity index (χ0n) is 21.6. The molecule has 0 radical (unpaired) electrons. The standard InChI is InChI=1S/C31H20BrCl2N3O5/c32-20-11-14-27(42-18-28(38)35-21-12-13-25(33)26(34)17-21)19(15-20)16-24-29(39)36(22-7-3-1-4-8-22)31(41)37(30(24)40)23-9-5-2-6-10-23/h1-17H,18H2,(H,35,38). The molecule has 0 aromatic heterocycles. The fourth-order valence-electron chi connectivity index (χ4n) is 4.17. The van der Waals surface area contributed by atoms with Gasteiger partial charge in [0.15, 0.2) is 6.61 Å². The number of nitrogens with zero attached hydrogens (tertiary/aromatic N) is 2. The highest BCUT2D eigenvalue weighted by Gasteiger charge is 2.43. The maximum atomic E-state index is 13.7. The van der Waals surface area contributed by atoms with Crippen molar-refractivity contribution < 1.29 is 23.9 Å². The topological polar surface area (TPSA) is 96.0 Å². The number of carbonyl (C=O) groups excluding carboxylic acids is 4. The number of carbonyl (C=O) groups is 4. The van der Waals surface area contributed by atoms with Gasteiger partial charge in [-0.3, -0.25) is 14.4 Å². The quantitative estimate of drug-likeness (QED) is 0.165.